The van der Waals surface area contributed by atoms with Crippen LogP contribution in [0.2, 0.25) is 0 Å². The third kappa shape index (κ3) is 4.12. The van der Waals surface area contributed by atoms with E-state index in [1.54, 1.807) is 0 Å². The number of hydrogen-bond donors (Lipinski definition) is 0. The van der Waals surface area contributed by atoms with Crippen molar-refractivity contribution in [3.8, 4) is 22.8 Å². The van der Waals surface area contributed by atoms with Crippen molar-refractivity contribution in [3.63, 3.8) is 0 Å². The zero-order chi connectivity index (χ0) is 22.9. The fourth-order valence-electron chi connectivity index (χ4n) is 4.91. The van der Waals surface area contributed by atoms with Gasteiger partial charge >= 0.3 is 0 Å². The zero-order valence-electron chi connectivity index (χ0n) is 19.5. The van der Waals surface area contributed by atoms with E-state index in [-0.39, 0.29) is 0 Å². The third-order valence-electron chi connectivity index (χ3n) is 6.86. The summed E-state index contributed by atoms with van der Waals surface area (Å²) in [7, 11) is 2.08. The normalized spacial score (nSPS) is 13.9. The first-order chi connectivity index (χ1) is 16.7. The molecule has 9 bridgehead atoms. The van der Waals surface area contributed by atoms with Gasteiger partial charge < -0.3 is 4.57 Å². The average Bonchev–Trinajstić information content (AvgIpc) is 3.21. The lowest BCUT2D eigenvalue weighted by Gasteiger charge is -2.08. The number of pyridine rings is 2. The predicted octanol–water partition coefficient (Wildman–Crippen LogP) is 6.36. The molecule has 0 fully saturated rings. The molecule has 0 saturated heterocycles. The molecule has 4 nitrogen and oxygen atoms in total. The lowest BCUT2D eigenvalue weighted by Crippen LogP contribution is -2.00. The molecule has 3 aromatic heterocycles. The molecule has 0 N–H and O–H groups in total. The van der Waals surface area contributed by atoms with Crippen molar-refractivity contribution in [2.45, 2.75) is 38.5 Å². The van der Waals surface area contributed by atoms with Crippen LogP contribution in [0.15, 0.2) is 78.9 Å². The smallest absolute Gasteiger partial charge is 0.159 e. The summed E-state index contributed by atoms with van der Waals surface area (Å²) >= 11 is 0. The lowest BCUT2D eigenvalue weighted by atomic mass is 10.0. The second-order valence-electron chi connectivity index (χ2n) is 9.25. The van der Waals surface area contributed by atoms with Crippen LogP contribution in [0.4, 0.5) is 0 Å². The molecule has 0 radical (unpaired) electrons. The zero-order valence-corrected chi connectivity index (χ0v) is 19.5. The molecule has 5 aromatic rings. The minimum atomic E-state index is 0.845. The molecular formula is C30H28N4. The molecule has 0 unspecified atom stereocenters. The summed E-state index contributed by atoms with van der Waals surface area (Å²) in [6.07, 6.45) is 6.22. The van der Waals surface area contributed by atoms with Crippen molar-refractivity contribution < 1.29 is 0 Å². The van der Waals surface area contributed by atoms with Crippen LogP contribution in [-0.4, -0.2) is 19.5 Å². The summed E-state index contributed by atoms with van der Waals surface area (Å²) in [5.74, 6) is 0.918. The van der Waals surface area contributed by atoms with E-state index < -0.39 is 0 Å². The predicted molar refractivity (Wildman–Crippen MR) is 138 cm³/mol. The quantitative estimate of drug-likeness (QED) is 0.279. The molecule has 34 heavy (non-hydrogen) atoms. The van der Waals surface area contributed by atoms with Crippen LogP contribution in [0.5, 0.6) is 0 Å². The van der Waals surface area contributed by atoms with Crippen LogP contribution >= 0.6 is 0 Å². The molecule has 7 rings (SSSR count). The number of aromatic nitrogens is 4. The van der Waals surface area contributed by atoms with Gasteiger partial charge in [0.15, 0.2) is 5.82 Å². The Morgan fingerprint density at radius 1 is 0.618 bits per heavy atom. The van der Waals surface area contributed by atoms with E-state index in [0.717, 1.165) is 65.3 Å². The van der Waals surface area contributed by atoms with Gasteiger partial charge in [0.25, 0.3) is 0 Å². The van der Waals surface area contributed by atoms with Gasteiger partial charge in [-0.3, -0.25) is 4.98 Å². The molecule has 2 aromatic carbocycles. The number of aryl methyl sites for hydroxylation is 5. The van der Waals surface area contributed by atoms with E-state index in [9.17, 15) is 0 Å². The first-order valence-corrected chi connectivity index (χ1v) is 12.2. The molecule has 168 valence electrons. The van der Waals surface area contributed by atoms with Crippen LogP contribution in [0, 0.1) is 0 Å². The Morgan fingerprint density at radius 3 is 2.03 bits per heavy atom. The van der Waals surface area contributed by atoms with Crippen LogP contribution in [-0.2, 0) is 32.7 Å². The van der Waals surface area contributed by atoms with Gasteiger partial charge in [0.1, 0.15) is 5.69 Å². The van der Waals surface area contributed by atoms with E-state index in [1.165, 1.54) is 29.5 Å². The first-order valence-electron chi connectivity index (χ1n) is 12.2. The molecule has 5 heterocycles. The highest BCUT2D eigenvalue weighted by atomic mass is 15.1. The highest BCUT2D eigenvalue weighted by molar-refractivity contribution is 5.80. The monoisotopic (exact) mass is 444 g/mol. The van der Waals surface area contributed by atoms with E-state index in [0.29, 0.717) is 0 Å². The van der Waals surface area contributed by atoms with Gasteiger partial charge in [-0.1, -0.05) is 42.5 Å². The van der Waals surface area contributed by atoms with Gasteiger partial charge in [-0.05, 0) is 86.1 Å². The van der Waals surface area contributed by atoms with Crippen LogP contribution < -0.4 is 0 Å². The number of nitrogens with zero attached hydrogens (tertiary/aromatic N) is 4. The van der Waals surface area contributed by atoms with Crippen molar-refractivity contribution in [2.24, 2.45) is 7.05 Å². The second-order valence-corrected chi connectivity index (χ2v) is 9.25. The highest BCUT2D eigenvalue weighted by Gasteiger charge is 2.13. The minimum Gasteiger partial charge on any atom is -0.326 e. The van der Waals surface area contributed by atoms with E-state index in [2.05, 4.69) is 90.5 Å². The summed E-state index contributed by atoms with van der Waals surface area (Å²) in [5.41, 5.74) is 10.2. The van der Waals surface area contributed by atoms with Crippen molar-refractivity contribution in [1.82, 2.24) is 19.5 Å². The molecule has 2 aliphatic heterocycles. The lowest BCUT2D eigenvalue weighted by molar-refractivity contribution is 0.735. The van der Waals surface area contributed by atoms with Gasteiger partial charge in [0.05, 0.1) is 16.7 Å². The maximum absolute atomic E-state index is 4.97. The van der Waals surface area contributed by atoms with Gasteiger partial charge in [-0.25, -0.2) is 9.97 Å². The average molecular weight is 445 g/mol. The SMILES string of the molecule is Cn1c2nc3cc(ccc31)CCCCc1ccc(cc1)-c1cccc(n1)CCc1cccc-2n1. The standard InChI is InChI=1S/C30H28N4/c1-34-29-19-14-22-7-3-2-6-21-12-15-23(16-13-21)26-10-4-8-24(31-26)17-18-25-9-5-11-27(32-25)30(34)33-28(29)20-22/h4-5,8-16,19-20H,2-3,6-7,17-18H2,1H3. The Labute approximate surface area is 200 Å². The first kappa shape index (κ1) is 20.8. The van der Waals surface area contributed by atoms with Gasteiger partial charge in [-0.2, -0.15) is 0 Å². The third-order valence-corrected chi connectivity index (χ3v) is 6.86. The molecule has 0 aliphatic carbocycles. The Balaban J connectivity index is 1.39. The summed E-state index contributed by atoms with van der Waals surface area (Å²) in [6.45, 7) is 0. The second kappa shape index (κ2) is 8.86. The van der Waals surface area contributed by atoms with Gasteiger partial charge in [-0.15, -0.1) is 0 Å². The van der Waals surface area contributed by atoms with Crippen molar-refractivity contribution in [2.75, 3.05) is 0 Å². The number of imidazole rings is 1. The molecular weight excluding hydrogens is 416 g/mol. The maximum Gasteiger partial charge on any atom is 0.159 e. The molecule has 0 spiro atoms. The van der Waals surface area contributed by atoms with Crippen LogP contribution in [0.25, 0.3) is 33.8 Å². The largest absolute Gasteiger partial charge is 0.326 e. The van der Waals surface area contributed by atoms with Gasteiger partial charge in [0.2, 0.25) is 0 Å². The molecule has 4 heteroatoms. The van der Waals surface area contributed by atoms with Crippen molar-refractivity contribution in [3.05, 3.63) is 101 Å². The van der Waals surface area contributed by atoms with E-state index in [4.69, 9.17) is 15.0 Å². The molecule has 0 saturated carbocycles. The highest BCUT2D eigenvalue weighted by Crippen LogP contribution is 2.25. The summed E-state index contributed by atoms with van der Waals surface area (Å²) in [4.78, 5) is 14.9. The number of fused-ring (bicyclic) bond motifs is 6. The van der Waals surface area contributed by atoms with Crippen molar-refractivity contribution in [1.29, 1.82) is 0 Å². The van der Waals surface area contributed by atoms with E-state index >= 15 is 0 Å². The van der Waals surface area contributed by atoms with E-state index in [1.807, 2.05) is 0 Å². The Morgan fingerprint density at radius 2 is 1.26 bits per heavy atom. The summed E-state index contributed by atoms with van der Waals surface area (Å²) in [6, 6.07) is 28.2. The Hall–Kier alpha value is -3.79. The van der Waals surface area contributed by atoms with Crippen LogP contribution in [0.1, 0.15) is 35.4 Å². The minimum absolute atomic E-state index is 0.845. The summed E-state index contributed by atoms with van der Waals surface area (Å²) in [5, 5.41) is 0. The Kier molecular flexibility index (Phi) is 5.42. The molecule has 0 amide bonds. The molecule has 2 aliphatic rings. The topological polar surface area (TPSA) is 43.6 Å². The van der Waals surface area contributed by atoms with Crippen molar-refractivity contribution >= 4 is 11.0 Å². The number of hydrogen-bond acceptors (Lipinski definition) is 3. The van der Waals surface area contributed by atoms with Gasteiger partial charge in [0, 0.05) is 24.0 Å². The fourth-order valence-corrected chi connectivity index (χ4v) is 4.91. The molecule has 0 atom stereocenters. The summed E-state index contributed by atoms with van der Waals surface area (Å²) < 4.78 is 2.16. The number of benzene rings is 2. The maximum atomic E-state index is 4.97. The Bertz CT molecular complexity index is 1460. The fraction of sp³-hybridized carbons (Fsp3) is 0.233. The van der Waals surface area contributed by atoms with Crippen LogP contribution in [0.3, 0.4) is 0 Å². The number of rotatable bonds is 0.